The zero-order chi connectivity index (χ0) is 17.9. The normalized spacial score (nSPS) is 17.4. The van der Waals surface area contributed by atoms with E-state index in [1.807, 2.05) is 12.1 Å². The first kappa shape index (κ1) is 16.7. The minimum Gasteiger partial charge on any atom is -0.354 e. The lowest BCUT2D eigenvalue weighted by Gasteiger charge is -2.33. The number of rotatable bonds is 4. The van der Waals surface area contributed by atoms with Crippen molar-refractivity contribution in [3.05, 3.63) is 41.7 Å². The second-order valence-electron chi connectivity index (χ2n) is 6.28. The van der Waals surface area contributed by atoms with Crippen molar-refractivity contribution >= 4 is 34.5 Å². The van der Waals surface area contributed by atoms with Crippen LogP contribution in [0.15, 0.2) is 30.9 Å². The number of imidazole rings is 1. The number of hydrogen-bond donors (Lipinski definition) is 2. The number of nitrogens with zero attached hydrogens (tertiary/aromatic N) is 5. The number of aromatic nitrogens is 5. The summed E-state index contributed by atoms with van der Waals surface area (Å²) in [5.41, 5.74) is 2.25. The number of fused-ring (bicyclic) bond motifs is 1. The van der Waals surface area contributed by atoms with Crippen LogP contribution < -0.4 is 10.2 Å². The van der Waals surface area contributed by atoms with E-state index in [1.165, 1.54) is 0 Å². The van der Waals surface area contributed by atoms with Crippen LogP contribution in [0.2, 0.25) is 5.28 Å². The van der Waals surface area contributed by atoms with Crippen molar-refractivity contribution < 1.29 is 4.79 Å². The van der Waals surface area contributed by atoms with Gasteiger partial charge in [0, 0.05) is 32.0 Å². The molecule has 134 valence electrons. The summed E-state index contributed by atoms with van der Waals surface area (Å²) in [7, 11) is 0. The first-order valence-electron chi connectivity index (χ1n) is 8.49. The van der Waals surface area contributed by atoms with Crippen molar-refractivity contribution in [2.75, 3.05) is 18.0 Å². The molecule has 2 N–H and O–H groups in total. The van der Waals surface area contributed by atoms with Crippen LogP contribution in [0, 0.1) is 5.92 Å². The summed E-state index contributed by atoms with van der Waals surface area (Å²) in [5.74, 6) is 0.633. The Kier molecular flexibility index (Phi) is 4.66. The van der Waals surface area contributed by atoms with Gasteiger partial charge in [0.25, 0.3) is 0 Å². The topological polar surface area (TPSA) is 99.7 Å². The fraction of sp³-hybridized carbons (Fsp3) is 0.353. The lowest BCUT2D eigenvalue weighted by Crippen LogP contribution is -2.43. The van der Waals surface area contributed by atoms with E-state index >= 15 is 0 Å². The number of halogens is 1. The van der Waals surface area contributed by atoms with Crippen LogP contribution in [0.3, 0.4) is 0 Å². The van der Waals surface area contributed by atoms with Crippen molar-refractivity contribution in [1.82, 2.24) is 30.2 Å². The maximum atomic E-state index is 12.6. The van der Waals surface area contributed by atoms with Gasteiger partial charge in [-0.1, -0.05) is 6.07 Å². The maximum Gasteiger partial charge on any atom is 0.226 e. The molecular weight excluding hydrogens is 354 g/mol. The number of carbonyl (C=O) groups is 1. The van der Waals surface area contributed by atoms with Gasteiger partial charge in [-0.2, -0.15) is 9.97 Å². The third-order valence-electron chi connectivity index (χ3n) is 4.52. The van der Waals surface area contributed by atoms with Gasteiger partial charge >= 0.3 is 0 Å². The molecule has 4 heterocycles. The van der Waals surface area contributed by atoms with E-state index in [2.05, 4.69) is 35.1 Å². The van der Waals surface area contributed by atoms with Crippen molar-refractivity contribution in [2.45, 2.75) is 19.4 Å². The SMILES string of the molecule is O=C(NCc1cccnc1)C1CCCN(c2nc(Cl)nc3nc[nH]c23)C1. The van der Waals surface area contributed by atoms with E-state index in [0.717, 1.165) is 30.5 Å². The molecule has 0 aromatic carbocycles. The summed E-state index contributed by atoms with van der Waals surface area (Å²) in [6.07, 6.45) is 6.79. The Hall–Kier alpha value is -2.74. The molecule has 1 saturated heterocycles. The Morgan fingerprint density at radius 3 is 3.19 bits per heavy atom. The number of anilines is 1. The number of pyridine rings is 1. The van der Waals surface area contributed by atoms with E-state index < -0.39 is 0 Å². The molecule has 3 aromatic heterocycles. The van der Waals surface area contributed by atoms with E-state index in [0.29, 0.717) is 24.6 Å². The Morgan fingerprint density at radius 2 is 2.35 bits per heavy atom. The standard InChI is InChI=1S/C17H18ClN7O/c18-17-23-14-13(21-10-22-14)15(24-17)25-6-2-4-12(9-25)16(26)20-8-11-3-1-5-19-7-11/h1,3,5,7,10,12H,2,4,6,8-9H2,(H,20,26)(H,21,22,23,24). The Balaban J connectivity index is 1.47. The number of amides is 1. The Morgan fingerprint density at radius 1 is 1.42 bits per heavy atom. The summed E-state index contributed by atoms with van der Waals surface area (Å²) < 4.78 is 0. The number of aromatic amines is 1. The molecule has 1 aliphatic rings. The van der Waals surface area contributed by atoms with Crippen molar-refractivity contribution in [1.29, 1.82) is 0 Å². The van der Waals surface area contributed by atoms with Gasteiger partial charge in [0.1, 0.15) is 5.52 Å². The summed E-state index contributed by atoms with van der Waals surface area (Å²) in [6.45, 7) is 1.88. The van der Waals surface area contributed by atoms with Crippen LogP contribution in [0.25, 0.3) is 11.2 Å². The van der Waals surface area contributed by atoms with Gasteiger partial charge in [0.05, 0.1) is 12.2 Å². The molecule has 1 aliphatic heterocycles. The van der Waals surface area contributed by atoms with Crippen LogP contribution in [-0.2, 0) is 11.3 Å². The molecule has 1 atom stereocenters. The largest absolute Gasteiger partial charge is 0.354 e. The van der Waals surface area contributed by atoms with Crippen LogP contribution in [0.1, 0.15) is 18.4 Å². The predicted octanol–water partition coefficient (Wildman–Crippen LogP) is 1.93. The van der Waals surface area contributed by atoms with Gasteiger partial charge in [0.2, 0.25) is 11.2 Å². The zero-order valence-corrected chi connectivity index (χ0v) is 14.8. The van der Waals surface area contributed by atoms with E-state index in [1.54, 1.807) is 18.7 Å². The minimum atomic E-state index is -0.105. The molecule has 8 nitrogen and oxygen atoms in total. The number of hydrogen-bond acceptors (Lipinski definition) is 6. The Labute approximate surface area is 155 Å². The van der Waals surface area contributed by atoms with Gasteiger partial charge < -0.3 is 15.2 Å². The third kappa shape index (κ3) is 3.45. The van der Waals surface area contributed by atoms with Crippen molar-refractivity contribution in [2.24, 2.45) is 5.92 Å². The third-order valence-corrected chi connectivity index (χ3v) is 4.69. The molecule has 0 aliphatic carbocycles. The first-order valence-corrected chi connectivity index (χ1v) is 8.86. The molecule has 9 heteroatoms. The Bertz CT molecular complexity index is 914. The first-order chi connectivity index (χ1) is 12.7. The van der Waals surface area contributed by atoms with Crippen molar-refractivity contribution in [3.8, 4) is 0 Å². The highest BCUT2D eigenvalue weighted by atomic mass is 35.5. The van der Waals surface area contributed by atoms with Gasteiger partial charge in [-0.3, -0.25) is 9.78 Å². The molecular formula is C17H18ClN7O. The number of carbonyl (C=O) groups excluding carboxylic acids is 1. The molecule has 4 rings (SSSR count). The monoisotopic (exact) mass is 371 g/mol. The van der Waals surface area contributed by atoms with Crippen LogP contribution in [0.4, 0.5) is 5.82 Å². The molecule has 3 aromatic rings. The average Bonchev–Trinajstić information content (AvgIpc) is 3.14. The number of H-pyrrole nitrogens is 1. The highest BCUT2D eigenvalue weighted by Gasteiger charge is 2.28. The van der Waals surface area contributed by atoms with Gasteiger partial charge in [-0.15, -0.1) is 0 Å². The lowest BCUT2D eigenvalue weighted by molar-refractivity contribution is -0.125. The highest BCUT2D eigenvalue weighted by Crippen LogP contribution is 2.27. The lowest BCUT2D eigenvalue weighted by atomic mass is 9.97. The zero-order valence-electron chi connectivity index (χ0n) is 14.0. The second kappa shape index (κ2) is 7.25. The minimum absolute atomic E-state index is 0.0413. The number of piperidine rings is 1. The van der Waals surface area contributed by atoms with Gasteiger partial charge in [-0.05, 0) is 36.1 Å². The second-order valence-corrected chi connectivity index (χ2v) is 6.62. The summed E-state index contributed by atoms with van der Waals surface area (Å²) >= 11 is 6.03. The smallest absolute Gasteiger partial charge is 0.226 e. The fourth-order valence-corrected chi connectivity index (χ4v) is 3.40. The molecule has 0 spiro atoms. The molecule has 0 saturated carbocycles. The summed E-state index contributed by atoms with van der Waals surface area (Å²) in [5, 5.41) is 3.15. The van der Waals surface area contributed by atoms with Gasteiger partial charge in [0.15, 0.2) is 11.5 Å². The molecule has 1 amide bonds. The highest BCUT2D eigenvalue weighted by molar-refractivity contribution is 6.28. The molecule has 1 unspecified atom stereocenters. The molecule has 0 bridgehead atoms. The number of nitrogens with one attached hydrogen (secondary N) is 2. The molecule has 26 heavy (non-hydrogen) atoms. The van der Waals surface area contributed by atoms with E-state index in [4.69, 9.17) is 11.6 Å². The molecule has 1 fully saturated rings. The van der Waals surface area contributed by atoms with E-state index in [-0.39, 0.29) is 17.1 Å². The maximum absolute atomic E-state index is 12.6. The fourth-order valence-electron chi connectivity index (χ4n) is 3.24. The quantitative estimate of drug-likeness (QED) is 0.680. The van der Waals surface area contributed by atoms with E-state index in [9.17, 15) is 4.79 Å². The predicted molar refractivity (Wildman–Crippen MR) is 97.7 cm³/mol. The van der Waals surface area contributed by atoms with Crippen LogP contribution in [0.5, 0.6) is 0 Å². The summed E-state index contributed by atoms with van der Waals surface area (Å²) in [4.78, 5) is 34.4. The van der Waals surface area contributed by atoms with Crippen LogP contribution >= 0.6 is 11.6 Å². The average molecular weight is 372 g/mol. The molecule has 0 radical (unpaired) electrons. The van der Waals surface area contributed by atoms with Crippen molar-refractivity contribution in [3.63, 3.8) is 0 Å². The summed E-state index contributed by atoms with van der Waals surface area (Å²) in [6, 6.07) is 3.80. The van der Waals surface area contributed by atoms with Crippen LogP contribution in [-0.4, -0.2) is 43.9 Å². The van der Waals surface area contributed by atoms with Gasteiger partial charge in [-0.25, -0.2) is 4.98 Å².